The Morgan fingerprint density at radius 1 is 1.08 bits per heavy atom. The summed E-state index contributed by atoms with van der Waals surface area (Å²) in [6, 6.07) is 9.37. The molecule has 0 saturated carbocycles. The molecule has 36 heavy (non-hydrogen) atoms. The highest BCUT2D eigenvalue weighted by Crippen LogP contribution is 2.35. The third-order valence-corrected chi connectivity index (χ3v) is 8.20. The molecule has 2 aliphatic rings. The van der Waals surface area contributed by atoms with Crippen LogP contribution in [0.2, 0.25) is 0 Å². The minimum absolute atomic E-state index is 0.198. The highest BCUT2D eigenvalue weighted by molar-refractivity contribution is 7.70. The summed E-state index contributed by atoms with van der Waals surface area (Å²) in [5.41, 5.74) is 1.91. The Hall–Kier alpha value is -2.94. The van der Waals surface area contributed by atoms with Gasteiger partial charge in [0.1, 0.15) is 13.0 Å². The van der Waals surface area contributed by atoms with Gasteiger partial charge in [-0.25, -0.2) is 4.98 Å². The third-order valence-electron chi connectivity index (χ3n) is 6.68. The number of nitrogens with zero attached hydrogens (tertiary/aromatic N) is 4. The number of methoxy groups -OCH3 is 1. The van der Waals surface area contributed by atoms with Crippen LogP contribution in [0, 0.1) is 0 Å². The zero-order valence-electron chi connectivity index (χ0n) is 20.9. The first-order chi connectivity index (χ1) is 17.3. The summed E-state index contributed by atoms with van der Waals surface area (Å²) < 4.78 is 29.5. The van der Waals surface area contributed by atoms with Crippen molar-refractivity contribution in [2.75, 3.05) is 74.9 Å². The van der Waals surface area contributed by atoms with E-state index in [1.807, 2.05) is 11.0 Å². The monoisotopic (exact) mass is 513 g/mol. The van der Waals surface area contributed by atoms with E-state index >= 15 is 0 Å². The fraction of sp³-hybridized carbons (Fsp3) is 0.480. The van der Waals surface area contributed by atoms with E-state index in [1.165, 1.54) is 0 Å². The minimum atomic E-state index is -2.46. The van der Waals surface area contributed by atoms with Crippen LogP contribution >= 0.6 is 7.14 Å². The van der Waals surface area contributed by atoms with E-state index in [0.29, 0.717) is 65.9 Å². The van der Waals surface area contributed by atoms with Crippen LogP contribution in [-0.4, -0.2) is 81.8 Å². The number of piperidine rings is 1. The number of amides is 1. The normalized spacial score (nSPS) is 17.5. The van der Waals surface area contributed by atoms with Gasteiger partial charge < -0.3 is 33.6 Å². The number of aromatic nitrogens is 2. The molecular formula is C25H32N5O5P. The van der Waals surface area contributed by atoms with Gasteiger partial charge in [0.2, 0.25) is 5.65 Å². The number of fused-ring (bicyclic) bond motifs is 1. The molecule has 0 spiro atoms. The van der Waals surface area contributed by atoms with Crippen LogP contribution in [0.25, 0.3) is 11.2 Å². The van der Waals surface area contributed by atoms with E-state index in [-0.39, 0.29) is 12.0 Å². The zero-order chi connectivity index (χ0) is 25.3. The Morgan fingerprint density at radius 2 is 1.83 bits per heavy atom. The Bertz CT molecular complexity index is 1290. The summed E-state index contributed by atoms with van der Waals surface area (Å²) in [6.45, 7) is 7.46. The largest absolute Gasteiger partial charge is 0.422 e. The lowest BCUT2D eigenvalue weighted by atomic mass is 10.1. The average molecular weight is 514 g/mol. The highest BCUT2D eigenvalue weighted by Gasteiger charge is 2.27. The molecule has 5 rings (SSSR count). The Labute approximate surface area is 210 Å². The molecule has 1 N–H and O–H groups in total. The summed E-state index contributed by atoms with van der Waals surface area (Å²) >= 11 is 0. The van der Waals surface area contributed by atoms with Crippen LogP contribution < -0.4 is 20.4 Å². The fourth-order valence-corrected chi connectivity index (χ4v) is 5.46. The molecule has 2 fully saturated rings. The Balaban J connectivity index is 1.49. The van der Waals surface area contributed by atoms with Crippen molar-refractivity contribution in [2.24, 2.45) is 0 Å². The number of benzene rings is 1. The van der Waals surface area contributed by atoms with Gasteiger partial charge in [0.25, 0.3) is 11.9 Å². The lowest BCUT2D eigenvalue weighted by molar-refractivity contribution is 0.0817. The maximum Gasteiger partial charge on any atom is 0.300 e. The van der Waals surface area contributed by atoms with Gasteiger partial charge in [0.15, 0.2) is 5.58 Å². The van der Waals surface area contributed by atoms with Gasteiger partial charge >= 0.3 is 0 Å². The van der Waals surface area contributed by atoms with Crippen LogP contribution in [-0.2, 0) is 14.0 Å². The molecule has 0 atom stereocenters. The SMILES string of the molecule is COC1CCN(c2nc3nc(N4CCOCC4)oc3cc2C(=O)Nc2cccc(P(C)(C)=O)c2)CC1. The van der Waals surface area contributed by atoms with Gasteiger partial charge in [-0.15, -0.1) is 0 Å². The molecule has 11 heteroatoms. The molecule has 2 saturated heterocycles. The van der Waals surface area contributed by atoms with Crippen molar-refractivity contribution < 1.29 is 23.3 Å². The quantitative estimate of drug-likeness (QED) is 0.497. The summed E-state index contributed by atoms with van der Waals surface area (Å²) in [6.07, 6.45) is 1.89. The predicted molar refractivity (Wildman–Crippen MR) is 141 cm³/mol. The van der Waals surface area contributed by atoms with Crippen molar-refractivity contribution in [3.63, 3.8) is 0 Å². The van der Waals surface area contributed by atoms with Crippen molar-refractivity contribution in [1.29, 1.82) is 0 Å². The van der Waals surface area contributed by atoms with Crippen LogP contribution in [0.5, 0.6) is 0 Å². The molecule has 192 valence electrons. The molecule has 3 aromatic rings. The summed E-state index contributed by atoms with van der Waals surface area (Å²) in [5.74, 6) is 0.265. The zero-order valence-corrected chi connectivity index (χ0v) is 21.8. The van der Waals surface area contributed by atoms with E-state index in [2.05, 4.69) is 15.2 Å². The number of morpholine rings is 1. The molecular weight excluding hydrogens is 481 g/mol. The van der Waals surface area contributed by atoms with Crippen molar-refractivity contribution in [3.05, 3.63) is 35.9 Å². The third kappa shape index (κ3) is 5.26. The molecule has 2 aromatic heterocycles. The summed E-state index contributed by atoms with van der Waals surface area (Å²) in [4.78, 5) is 27.1. The van der Waals surface area contributed by atoms with E-state index in [1.54, 1.807) is 44.7 Å². The second-order valence-electron chi connectivity index (χ2n) is 9.55. The second kappa shape index (κ2) is 10.2. The first-order valence-electron chi connectivity index (χ1n) is 12.2. The van der Waals surface area contributed by atoms with Crippen molar-refractivity contribution in [3.8, 4) is 0 Å². The molecule has 4 heterocycles. The average Bonchev–Trinajstić information content (AvgIpc) is 3.31. The topological polar surface area (TPSA) is 110 Å². The van der Waals surface area contributed by atoms with Crippen molar-refractivity contribution in [1.82, 2.24) is 9.97 Å². The molecule has 0 unspecified atom stereocenters. The number of carbonyl (C=O) groups is 1. The van der Waals surface area contributed by atoms with E-state index in [0.717, 1.165) is 25.9 Å². The minimum Gasteiger partial charge on any atom is -0.422 e. The van der Waals surface area contributed by atoms with Gasteiger partial charge in [0, 0.05) is 50.3 Å². The Morgan fingerprint density at radius 3 is 2.53 bits per heavy atom. The number of anilines is 3. The second-order valence-corrected chi connectivity index (χ2v) is 12.8. The molecule has 10 nitrogen and oxygen atoms in total. The van der Waals surface area contributed by atoms with Crippen LogP contribution in [0.4, 0.5) is 17.5 Å². The van der Waals surface area contributed by atoms with E-state index in [4.69, 9.17) is 18.9 Å². The number of oxazole rings is 1. The number of ether oxygens (including phenoxy) is 2. The van der Waals surface area contributed by atoms with Gasteiger partial charge in [-0.2, -0.15) is 4.98 Å². The lowest BCUT2D eigenvalue weighted by Crippen LogP contribution is -2.38. The lowest BCUT2D eigenvalue weighted by Gasteiger charge is -2.32. The molecule has 0 bridgehead atoms. The van der Waals surface area contributed by atoms with Crippen molar-refractivity contribution >= 4 is 47.1 Å². The fourth-order valence-electron chi connectivity index (χ4n) is 4.56. The first-order valence-corrected chi connectivity index (χ1v) is 14.8. The Kier molecular flexibility index (Phi) is 7.01. The molecule has 2 aliphatic heterocycles. The summed E-state index contributed by atoms with van der Waals surface area (Å²) in [5, 5.41) is 3.67. The number of hydrogen-bond donors (Lipinski definition) is 1. The maximum atomic E-state index is 13.6. The van der Waals surface area contributed by atoms with E-state index < -0.39 is 7.14 Å². The number of rotatable bonds is 6. The molecule has 1 amide bonds. The van der Waals surface area contributed by atoms with Gasteiger partial charge in [-0.3, -0.25) is 4.79 Å². The number of carbonyl (C=O) groups excluding carboxylic acids is 1. The molecule has 0 aliphatic carbocycles. The van der Waals surface area contributed by atoms with Crippen LogP contribution in [0.15, 0.2) is 34.7 Å². The van der Waals surface area contributed by atoms with Crippen molar-refractivity contribution in [2.45, 2.75) is 18.9 Å². The number of nitrogens with one attached hydrogen (secondary N) is 1. The number of pyridine rings is 1. The first kappa shape index (κ1) is 24.7. The standard InChI is InChI=1S/C25H32N5O5P/c1-33-18-7-9-29(10-8-18)23-20(24(31)26-17-5-4-6-19(15-17)36(2,3)32)16-21-22(27-23)28-25(35-21)30-11-13-34-14-12-30/h4-6,15-16,18H,7-14H2,1-3H3,(H,26,31). The maximum absolute atomic E-state index is 13.6. The van der Waals surface area contributed by atoms with Crippen LogP contribution in [0.1, 0.15) is 23.2 Å². The predicted octanol–water partition coefficient (Wildman–Crippen LogP) is 3.17. The molecule has 0 radical (unpaired) electrons. The van der Waals surface area contributed by atoms with Gasteiger partial charge in [0.05, 0.1) is 24.9 Å². The van der Waals surface area contributed by atoms with Crippen LogP contribution in [0.3, 0.4) is 0 Å². The highest BCUT2D eigenvalue weighted by atomic mass is 31.2. The summed E-state index contributed by atoms with van der Waals surface area (Å²) in [7, 11) is -0.737. The molecule has 1 aromatic carbocycles. The van der Waals surface area contributed by atoms with Gasteiger partial charge in [-0.05, 0) is 38.3 Å². The van der Waals surface area contributed by atoms with E-state index in [9.17, 15) is 9.36 Å². The number of hydrogen-bond acceptors (Lipinski definition) is 9. The van der Waals surface area contributed by atoms with Gasteiger partial charge in [-0.1, -0.05) is 12.1 Å². The smallest absolute Gasteiger partial charge is 0.300 e.